The van der Waals surface area contributed by atoms with E-state index in [0.717, 1.165) is 11.1 Å². The van der Waals surface area contributed by atoms with E-state index in [2.05, 4.69) is 46.4 Å². The van der Waals surface area contributed by atoms with Crippen LogP contribution in [0, 0.1) is 13.8 Å². The zero-order valence-electron chi connectivity index (χ0n) is 11.5. The molecule has 6 heteroatoms. The molecule has 0 fully saturated rings. The van der Waals surface area contributed by atoms with Crippen LogP contribution >= 0.6 is 11.6 Å². The minimum atomic E-state index is 0.201. The Morgan fingerprint density at radius 2 is 1.95 bits per heavy atom. The molecule has 3 aromatic rings. The molecule has 0 aliphatic heterocycles. The van der Waals surface area contributed by atoms with Crippen LogP contribution in [0.3, 0.4) is 0 Å². The molecule has 0 radical (unpaired) electrons. The number of aromatic nitrogens is 4. The summed E-state index contributed by atoms with van der Waals surface area (Å²) < 4.78 is 1.68. The first-order valence-electron chi connectivity index (χ1n) is 6.24. The number of fused-ring (bicyclic) bond motifs is 1. The van der Waals surface area contributed by atoms with Gasteiger partial charge in [0.1, 0.15) is 5.82 Å². The Hall–Kier alpha value is -2.14. The summed E-state index contributed by atoms with van der Waals surface area (Å²) in [5.74, 6) is 0.663. The van der Waals surface area contributed by atoms with Crippen molar-refractivity contribution >= 4 is 34.1 Å². The summed E-state index contributed by atoms with van der Waals surface area (Å²) in [6.45, 7) is 4.16. The first kappa shape index (κ1) is 12.9. The molecule has 0 saturated heterocycles. The van der Waals surface area contributed by atoms with Crippen molar-refractivity contribution in [3.05, 3.63) is 40.8 Å². The first-order valence-corrected chi connectivity index (χ1v) is 6.62. The molecule has 2 aromatic heterocycles. The fraction of sp³-hybridized carbons (Fsp3) is 0.214. The van der Waals surface area contributed by atoms with Gasteiger partial charge in [-0.1, -0.05) is 6.07 Å². The van der Waals surface area contributed by atoms with Gasteiger partial charge in [0.05, 0.1) is 11.6 Å². The average molecular weight is 288 g/mol. The van der Waals surface area contributed by atoms with Crippen molar-refractivity contribution in [2.45, 2.75) is 13.8 Å². The highest BCUT2D eigenvalue weighted by Crippen LogP contribution is 2.25. The van der Waals surface area contributed by atoms with Crippen LogP contribution < -0.4 is 5.32 Å². The van der Waals surface area contributed by atoms with E-state index in [1.54, 1.807) is 10.9 Å². The molecule has 0 aliphatic rings. The van der Waals surface area contributed by atoms with E-state index in [4.69, 9.17) is 11.6 Å². The minimum absolute atomic E-state index is 0.201. The van der Waals surface area contributed by atoms with Gasteiger partial charge in [-0.25, -0.2) is 0 Å². The zero-order chi connectivity index (χ0) is 14.3. The predicted molar refractivity (Wildman–Crippen MR) is 80.5 cm³/mol. The summed E-state index contributed by atoms with van der Waals surface area (Å²) in [5, 5.41) is 8.51. The van der Waals surface area contributed by atoms with E-state index >= 15 is 0 Å². The van der Waals surface area contributed by atoms with Crippen LogP contribution in [0.1, 0.15) is 11.1 Å². The Morgan fingerprint density at radius 1 is 1.15 bits per heavy atom. The number of hydrogen-bond acceptors (Lipinski definition) is 4. The van der Waals surface area contributed by atoms with Crippen LogP contribution in [0.25, 0.3) is 11.0 Å². The van der Waals surface area contributed by atoms with Crippen molar-refractivity contribution in [1.82, 2.24) is 19.7 Å². The number of aryl methyl sites for hydroxylation is 3. The highest BCUT2D eigenvalue weighted by molar-refractivity contribution is 6.28. The smallest absolute Gasteiger partial charge is 0.226 e. The lowest BCUT2D eigenvalue weighted by Crippen LogP contribution is -1.99. The Morgan fingerprint density at radius 3 is 2.70 bits per heavy atom. The number of anilines is 2. The molecular weight excluding hydrogens is 274 g/mol. The number of nitrogens with zero attached hydrogens (tertiary/aromatic N) is 4. The molecule has 3 rings (SSSR count). The maximum atomic E-state index is 5.97. The summed E-state index contributed by atoms with van der Waals surface area (Å²) in [4.78, 5) is 8.44. The lowest BCUT2D eigenvalue weighted by Gasteiger charge is -2.09. The molecule has 1 N–H and O–H groups in total. The van der Waals surface area contributed by atoms with Gasteiger partial charge in [-0.15, -0.1) is 0 Å². The molecule has 0 saturated carbocycles. The van der Waals surface area contributed by atoms with Gasteiger partial charge in [-0.2, -0.15) is 15.1 Å². The predicted octanol–water partition coefficient (Wildman–Crippen LogP) is 3.38. The van der Waals surface area contributed by atoms with Crippen molar-refractivity contribution < 1.29 is 0 Å². The number of rotatable bonds is 2. The Balaban J connectivity index is 2.08. The molecule has 5 nitrogen and oxygen atoms in total. The van der Waals surface area contributed by atoms with Gasteiger partial charge in [-0.3, -0.25) is 4.68 Å². The lowest BCUT2D eigenvalue weighted by atomic mass is 10.1. The minimum Gasteiger partial charge on any atom is -0.339 e. The summed E-state index contributed by atoms with van der Waals surface area (Å²) in [6.07, 6.45) is 1.73. The van der Waals surface area contributed by atoms with E-state index in [9.17, 15) is 0 Å². The van der Waals surface area contributed by atoms with Gasteiger partial charge in [0.2, 0.25) is 5.28 Å². The number of hydrogen-bond donors (Lipinski definition) is 1. The van der Waals surface area contributed by atoms with E-state index < -0.39 is 0 Å². The molecule has 0 atom stereocenters. The molecule has 20 heavy (non-hydrogen) atoms. The molecule has 0 aliphatic carbocycles. The van der Waals surface area contributed by atoms with Gasteiger partial charge >= 0.3 is 0 Å². The molecule has 0 amide bonds. The zero-order valence-corrected chi connectivity index (χ0v) is 12.2. The van der Waals surface area contributed by atoms with Gasteiger partial charge in [0, 0.05) is 12.7 Å². The highest BCUT2D eigenvalue weighted by atomic mass is 35.5. The van der Waals surface area contributed by atoms with Gasteiger partial charge in [0.25, 0.3) is 0 Å². The summed E-state index contributed by atoms with van der Waals surface area (Å²) in [7, 11) is 1.82. The summed E-state index contributed by atoms with van der Waals surface area (Å²) in [5.41, 5.74) is 4.14. The van der Waals surface area contributed by atoms with Gasteiger partial charge in [0.15, 0.2) is 5.65 Å². The second-order valence-electron chi connectivity index (χ2n) is 4.77. The van der Waals surface area contributed by atoms with E-state index in [1.165, 1.54) is 11.1 Å². The van der Waals surface area contributed by atoms with Crippen LogP contribution in [0.5, 0.6) is 0 Å². The van der Waals surface area contributed by atoms with Crippen LogP contribution in [0.4, 0.5) is 11.5 Å². The SMILES string of the molecule is Cc1ccc(Nc2nc(Cl)nc3c2cnn3C)cc1C. The highest BCUT2D eigenvalue weighted by Gasteiger charge is 2.11. The maximum absolute atomic E-state index is 5.97. The van der Waals surface area contributed by atoms with Gasteiger partial charge < -0.3 is 5.32 Å². The second-order valence-corrected chi connectivity index (χ2v) is 5.11. The quantitative estimate of drug-likeness (QED) is 0.734. The number of benzene rings is 1. The normalized spacial score (nSPS) is 11.0. The molecule has 0 bridgehead atoms. The Kier molecular flexibility index (Phi) is 3.06. The molecule has 0 unspecified atom stereocenters. The summed E-state index contributed by atoms with van der Waals surface area (Å²) >= 11 is 5.97. The number of nitrogens with one attached hydrogen (secondary N) is 1. The fourth-order valence-corrected chi connectivity index (χ4v) is 2.21. The van der Waals surface area contributed by atoms with Crippen LogP contribution in [-0.2, 0) is 7.05 Å². The first-order chi connectivity index (χ1) is 9.54. The molecule has 0 spiro atoms. The van der Waals surface area contributed by atoms with Crippen molar-refractivity contribution in [2.24, 2.45) is 7.05 Å². The van der Waals surface area contributed by atoms with Crippen molar-refractivity contribution in [1.29, 1.82) is 0 Å². The Labute approximate surface area is 121 Å². The third-order valence-electron chi connectivity index (χ3n) is 3.33. The summed E-state index contributed by atoms with van der Waals surface area (Å²) in [6, 6.07) is 6.16. The van der Waals surface area contributed by atoms with Crippen LogP contribution in [-0.4, -0.2) is 19.7 Å². The average Bonchev–Trinajstić information content (AvgIpc) is 2.76. The van der Waals surface area contributed by atoms with Gasteiger partial charge in [-0.05, 0) is 48.7 Å². The van der Waals surface area contributed by atoms with Crippen molar-refractivity contribution in [2.75, 3.05) is 5.32 Å². The third kappa shape index (κ3) is 2.20. The molecular formula is C14H14ClN5. The monoisotopic (exact) mass is 287 g/mol. The maximum Gasteiger partial charge on any atom is 0.226 e. The second kappa shape index (κ2) is 4.76. The van der Waals surface area contributed by atoms with E-state index in [-0.39, 0.29) is 5.28 Å². The molecule has 1 aromatic carbocycles. The lowest BCUT2D eigenvalue weighted by molar-refractivity contribution is 0.785. The largest absolute Gasteiger partial charge is 0.339 e. The van der Waals surface area contributed by atoms with Crippen LogP contribution in [0.15, 0.2) is 24.4 Å². The molecule has 102 valence electrons. The van der Waals surface area contributed by atoms with Crippen LogP contribution in [0.2, 0.25) is 5.28 Å². The topological polar surface area (TPSA) is 55.6 Å². The van der Waals surface area contributed by atoms with Crippen molar-refractivity contribution in [3.8, 4) is 0 Å². The van der Waals surface area contributed by atoms with Crippen molar-refractivity contribution in [3.63, 3.8) is 0 Å². The van der Waals surface area contributed by atoms with E-state index in [0.29, 0.717) is 11.5 Å². The molecule has 2 heterocycles. The number of halogens is 1. The third-order valence-corrected chi connectivity index (χ3v) is 3.50. The fourth-order valence-electron chi connectivity index (χ4n) is 2.05. The standard InChI is InChI=1S/C14H14ClN5/c1-8-4-5-10(6-9(8)2)17-12-11-7-16-20(3)13(11)19-14(15)18-12/h4-7H,1-3H3,(H,17,18,19). The van der Waals surface area contributed by atoms with E-state index in [1.807, 2.05) is 13.1 Å². The Bertz CT molecular complexity index is 794.